The van der Waals surface area contributed by atoms with Crippen LogP contribution < -0.4 is 10.2 Å². The summed E-state index contributed by atoms with van der Waals surface area (Å²) in [5.74, 6) is -1.03. The zero-order valence-electron chi connectivity index (χ0n) is 14.5. The minimum absolute atomic E-state index is 0. The van der Waals surface area contributed by atoms with Crippen LogP contribution in [-0.2, 0) is 6.54 Å². The average molecular weight is 411 g/mol. The molecule has 1 aliphatic heterocycles. The molecule has 0 bridgehead atoms. The highest BCUT2D eigenvalue weighted by atomic mass is 35.5. The van der Waals surface area contributed by atoms with Crippen molar-refractivity contribution in [2.75, 3.05) is 31.1 Å². The van der Waals surface area contributed by atoms with E-state index in [0.717, 1.165) is 13.1 Å². The van der Waals surface area contributed by atoms with E-state index in [1.807, 2.05) is 6.07 Å². The minimum Gasteiger partial charge on any atom is -0.478 e. The van der Waals surface area contributed by atoms with Crippen molar-refractivity contribution in [3.63, 3.8) is 0 Å². The number of anilines is 1. The van der Waals surface area contributed by atoms with Gasteiger partial charge in [-0.1, -0.05) is 17.7 Å². The molecule has 2 amide bonds. The molecular weight excluding hydrogens is 391 g/mol. The van der Waals surface area contributed by atoms with Crippen molar-refractivity contribution in [1.82, 2.24) is 15.2 Å². The van der Waals surface area contributed by atoms with Crippen LogP contribution >= 0.6 is 24.0 Å². The number of nitrogens with zero attached hydrogens (tertiary/aromatic N) is 3. The third kappa shape index (κ3) is 5.32. The molecule has 144 valence electrons. The molecule has 3 rings (SSSR count). The number of urea groups is 1. The van der Waals surface area contributed by atoms with Crippen molar-refractivity contribution in [1.29, 1.82) is 0 Å². The smallest absolute Gasteiger partial charge is 0.337 e. The maximum absolute atomic E-state index is 13.0. The van der Waals surface area contributed by atoms with Gasteiger partial charge in [0.05, 0.1) is 17.8 Å². The van der Waals surface area contributed by atoms with Gasteiger partial charge in [-0.2, -0.15) is 0 Å². The van der Waals surface area contributed by atoms with Gasteiger partial charge in [-0.25, -0.2) is 9.59 Å². The van der Waals surface area contributed by atoms with Crippen LogP contribution in [0.15, 0.2) is 42.6 Å². The Balaban J connectivity index is 0.00000261. The third-order valence-electron chi connectivity index (χ3n) is 4.13. The summed E-state index contributed by atoms with van der Waals surface area (Å²) in [6.07, 6.45) is 1.29. The second-order valence-corrected chi connectivity index (χ2v) is 6.37. The first-order chi connectivity index (χ1) is 12.5. The van der Waals surface area contributed by atoms with E-state index in [1.165, 1.54) is 12.3 Å². The van der Waals surface area contributed by atoms with Gasteiger partial charge >= 0.3 is 12.0 Å². The number of pyridine rings is 1. The average Bonchev–Trinajstić information content (AvgIpc) is 2.66. The second kappa shape index (κ2) is 9.55. The maximum Gasteiger partial charge on any atom is 0.337 e. The van der Waals surface area contributed by atoms with Crippen molar-refractivity contribution in [2.24, 2.45) is 0 Å². The first kappa shape index (κ1) is 21.0. The van der Waals surface area contributed by atoms with Crippen molar-refractivity contribution < 1.29 is 14.7 Å². The molecule has 1 aromatic carbocycles. The summed E-state index contributed by atoms with van der Waals surface area (Å²) in [6.45, 7) is 2.98. The number of aromatic carboxylic acids is 1. The molecule has 2 N–H and O–H groups in total. The maximum atomic E-state index is 13.0. The van der Waals surface area contributed by atoms with Gasteiger partial charge in [0.15, 0.2) is 0 Å². The molecule has 0 radical (unpaired) electrons. The Labute approximate surface area is 168 Å². The van der Waals surface area contributed by atoms with Gasteiger partial charge in [0.25, 0.3) is 0 Å². The molecule has 0 saturated carbocycles. The molecule has 1 fully saturated rings. The highest BCUT2D eigenvalue weighted by Gasteiger charge is 2.24. The molecule has 2 aromatic rings. The predicted molar refractivity (Wildman–Crippen MR) is 106 cm³/mol. The van der Waals surface area contributed by atoms with E-state index in [2.05, 4.69) is 10.3 Å². The number of amides is 2. The molecule has 27 heavy (non-hydrogen) atoms. The van der Waals surface area contributed by atoms with Crippen molar-refractivity contribution in [3.05, 3.63) is 58.9 Å². The summed E-state index contributed by atoms with van der Waals surface area (Å²) in [4.78, 5) is 31.6. The zero-order chi connectivity index (χ0) is 18.5. The van der Waals surface area contributed by atoms with E-state index >= 15 is 0 Å². The van der Waals surface area contributed by atoms with Crippen LogP contribution in [-0.4, -0.2) is 53.2 Å². The van der Waals surface area contributed by atoms with Crippen LogP contribution in [0.3, 0.4) is 0 Å². The molecule has 9 heteroatoms. The lowest BCUT2D eigenvalue weighted by atomic mass is 10.2. The lowest BCUT2D eigenvalue weighted by molar-refractivity contribution is 0.0696. The summed E-state index contributed by atoms with van der Waals surface area (Å²) in [5, 5.41) is 12.8. The van der Waals surface area contributed by atoms with Crippen molar-refractivity contribution in [2.45, 2.75) is 6.54 Å². The lowest BCUT2D eigenvalue weighted by Crippen LogP contribution is -2.51. The SMILES string of the molecule is Cl.O=C(O)c1ccc(CN(C(=O)N2CCNCC2)c2cccc(Cl)c2)nc1. The van der Waals surface area contributed by atoms with Crippen molar-refractivity contribution >= 4 is 41.7 Å². The third-order valence-corrected chi connectivity index (χ3v) is 4.37. The normalized spacial score (nSPS) is 13.6. The molecular formula is C18H20Cl2N4O3. The Hall–Kier alpha value is -2.35. The van der Waals surface area contributed by atoms with E-state index in [9.17, 15) is 9.59 Å². The van der Waals surface area contributed by atoms with Crippen LogP contribution in [0.4, 0.5) is 10.5 Å². The number of piperazine rings is 1. The summed E-state index contributed by atoms with van der Waals surface area (Å²) in [5.41, 5.74) is 1.38. The summed E-state index contributed by atoms with van der Waals surface area (Å²) in [6, 6.07) is 10.1. The van der Waals surface area contributed by atoms with Crippen LogP contribution in [0, 0.1) is 0 Å². The number of carbonyl (C=O) groups excluding carboxylic acids is 1. The van der Waals surface area contributed by atoms with Gasteiger partial charge in [0.1, 0.15) is 0 Å². The number of carboxylic acids is 1. The van der Waals surface area contributed by atoms with Gasteiger partial charge in [0, 0.05) is 43.1 Å². The van der Waals surface area contributed by atoms with E-state index in [0.29, 0.717) is 29.5 Å². The second-order valence-electron chi connectivity index (χ2n) is 5.93. The molecule has 7 nitrogen and oxygen atoms in total. The fourth-order valence-electron chi connectivity index (χ4n) is 2.75. The molecule has 0 spiro atoms. The summed E-state index contributed by atoms with van der Waals surface area (Å²) in [7, 11) is 0. The first-order valence-corrected chi connectivity index (χ1v) is 8.63. The minimum atomic E-state index is -1.03. The summed E-state index contributed by atoms with van der Waals surface area (Å²) < 4.78 is 0. The van der Waals surface area contributed by atoms with Gasteiger partial charge in [-0.15, -0.1) is 12.4 Å². The fourth-order valence-corrected chi connectivity index (χ4v) is 2.93. The van der Waals surface area contributed by atoms with Crippen molar-refractivity contribution in [3.8, 4) is 0 Å². The molecule has 1 saturated heterocycles. The molecule has 0 unspecified atom stereocenters. The van der Waals surface area contributed by atoms with Crippen LogP contribution in [0.2, 0.25) is 5.02 Å². The number of hydrogen-bond donors (Lipinski definition) is 2. The standard InChI is InChI=1S/C18H19ClN4O3.ClH/c19-14-2-1-3-16(10-14)23(18(26)22-8-6-20-7-9-22)12-15-5-4-13(11-21-15)17(24)25;/h1-5,10-11,20H,6-9,12H2,(H,24,25);1H. The van der Waals surface area contributed by atoms with Crippen LogP contribution in [0.25, 0.3) is 0 Å². The summed E-state index contributed by atoms with van der Waals surface area (Å²) >= 11 is 6.10. The molecule has 1 aromatic heterocycles. The fraction of sp³-hybridized carbons (Fsp3) is 0.278. The van der Waals surface area contributed by atoms with Crippen LogP contribution in [0.5, 0.6) is 0 Å². The Kier molecular flexibility index (Phi) is 7.41. The topological polar surface area (TPSA) is 85.8 Å². The van der Waals surface area contributed by atoms with Crippen LogP contribution in [0.1, 0.15) is 16.1 Å². The lowest BCUT2D eigenvalue weighted by Gasteiger charge is -2.33. The van der Waals surface area contributed by atoms with E-state index < -0.39 is 5.97 Å². The number of carbonyl (C=O) groups is 2. The number of halogens is 2. The number of rotatable bonds is 4. The zero-order valence-corrected chi connectivity index (χ0v) is 16.0. The molecule has 0 aliphatic carbocycles. The first-order valence-electron chi connectivity index (χ1n) is 8.25. The largest absolute Gasteiger partial charge is 0.478 e. The Morgan fingerprint density at radius 1 is 1.22 bits per heavy atom. The van der Waals surface area contributed by atoms with Gasteiger partial charge in [-0.3, -0.25) is 9.88 Å². The van der Waals surface area contributed by atoms with Gasteiger partial charge in [0.2, 0.25) is 0 Å². The molecule has 0 atom stereocenters. The molecule has 2 heterocycles. The van der Waals surface area contributed by atoms with E-state index in [4.69, 9.17) is 16.7 Å². The number of nitrogens with one attached hydrogen (secondary N) is 1. The number of aromatic nitrogens is 1. The number of carboxylic acid groups (broad SMARTS) is 1. The number of benzene rings is 1. The number of hydrogen-bond acceptors (Lipinski definition) is 4. The van der Waals surface area contributed by atoms with E-state index in [1.54, 1.807) is 34.1 Å². The highest BCUT2D eigenvalue weighted by Crippen LogP contribution is 2.23. The van der Waals surface area contributed by atoms with Gasteiger partial charge in [-0.05, 0) is 30.3 Å². The predicted octanol–water partition coefficient (Wildman–Crippen LogP) is 2.89. The highest BCUT2D eigenvalue weighted by molar-refractivity contribution is 6.30. The van der Waals surface area contributed by atoms with Gasteiger partial charge < -0.3 is 15.3 Å². The quantitative estimate of drug-likeness (QED) is 0.808. The molecule has 1 aliphatic rings. The Morgan fingerprint density at radius 2 is 1.96 bits per heavy atom. The van der Waals surface area contributed by atoms with E-state index in [-0.39, 0.29) is 30.5 Å². The Bertz CT molecular complexity index is 795. The monoisotopic (exact) mass is 410 g/mol. The Morgan fingerprint density at radius 3 is 2.56 bits per heavy atom.